The Bertz CT molecular complexity index is 661. The van der Waals surface area contributed by atoms with Crippen LogP contribution >= 0.6 is 11.6 Å². The number of halogens is 1. The fourth-order valence-electron chi connectivity index (χ4n) is 2.52. The first kappa shape index (κ1) is 16.5. The van der Waals surface area contributed by atoms with Crippen molar-refractivity contribution in [2.24, 2.45) is 0 Å². The van der Waals surface area contributed by atoms with Crippen molar-refractivity contribution in [1.29, 1.82) is 0 Å². The van der Waals surface area contributed by atoms with Gasteiger partial charge in [-0.15, -0.1) is 0 Å². The van der Waals surface area contributed by atoms with E-state index in [9.17, 15) is 10.1 Å². The normalized spacial score (nSPS) is 13.6. The highest BCUT2D eigenvalue weighted by Gasteiger charge is 2.17. The number of non-ortho nitro benzene ring substituents is 1. The standard InChI is InChI=1S/C17H19ClN2O2/c1-3-17(13-7-6-8-14(11-13)20(21)22)19-12(2)15-9-4-5-10-16(15)18/h4-12,17,19H,3H2,1-2H3. The molecule has 116 valence electrons. The summed E-state index contributed by atoms with van der Waals surface area (Å²) in [5.41, 5.74) is 2.05. The number of benzene rings is 2. The summed E-state index contributed by atoms with van der Waals surface area (Å²) in [6.45, 7) is 4.09. The summed E-state index contributed by atoms with van der Waals surface area (Å²) in [5.74, 6) is 0. The maximum atomic E-state index is 10.9. The van der Waals surface area contributed by atoms with Crippen LogP contribution in [0, 0.1) is 10.1 Å². The van der Waals surface area contributed by atoms with Gasteiger partial charge in [-0.3, -0.25) is 10.1 Å². The third-order valence-electron chi connectivity index (χ3n) is 3.71. The highest BCUT2D eigenvalue weighted by molar-refractivity contribution is 6.31. The van der Waals surface area contributed by atoms with Crippen LogP contribution in [0.2, 0.25) is 5.02 Å². The van der Waals surface area contributed by atoms with E-state index in [0.717, 1.165) is 22.6 Å². The maximum Gasteiger partial charge on any atom is 0.269 e. The minimum absolute atomic E-state index is 0.0335. The van der Waals surface area contributed by atoms with E-state index < -0.39 is 0 Å². The van der Waals surface area contributed by atoms with Gasteiger partial charge in [-0.2, -0.15) is 0 Å². The Labute approximate surface area is 135 Å². The molecule has 2 rings (SSSR count). The molecule has 22 heavy (non-hydrogen) atoms. The summed E-state index contributed by atoms with van der Waals surface area (Å²) in [6, 6.07) is 14.6. The fraction of sp³-hybridized carbons (Fsp3) is 0.294. The monoisotopic (exact) mass is 318 g/mol. The molecule has 2 unspecified atom stereocenters. The lowest BCUT2D eigenvalue weighted by atomic mass is 10.0. The molecule has 0 saturated heterocycles. The molecule has 0 saturated carbocycles. The summed E-state index contributed by atoms with van der Waals surface area (Å²) in [7, 11) is 0. The van der Waals surface area contributed by atoms with Crippen molar-refractivity contribution in [2.75, 3.05) is 0 Å². The van der Waals surface area contributed by atoms with Gasteiger partial charge in [0, 0.05) is 29.2 Å². The second kappa shape index (κ2) is 7.38. The molecule has 0 aliphatic carbocycles. The SMILES string of the molecule is CCC(NC(C)c1ccccc1Cl)c1cccc([N+](=O)[O-])c1. The van der Waals surface area contributed by atoms with Crippen LogP contribution in [0.3, 0.4) is 0 Å². The summed E-state index contributed by atoms with van der Waals surface area (Å²) in [4.78, 5) is 10.6. The molecule has 2 aromatic carbocycles. The number of nitrogens with one attached hydrogen (secondary N) is 1. The lowest BCUT2D eigenvalue weighted by molar-refractivity contribution is -0.384. The minimum Gasteiger partial charge on any atom is -0.303 e. The lowest BCUT2D eigenvalue weighted by Gasteiger charge is -2.23. The highest BCUT2D eigenvalue weighted by atomic mass is 35.5. The van der Waals surface area contributed by atoms with Crippen molar-refractivity contribution in [3.8, 4) is 0 Å². The Hall–Kier alpha value is -1.91. The van der Waals surface area contributed by atoms with Gasteiger partial charge in [-0.25, -0.2) is 0 Å². The van der Waals surface area contributed by atoms with E-state index in [4.69, 9.17) is 11.6 Å². The van der Waals surface area contributed by atoms with Gasteiger partial charge >= 0.3 is 0 Å². The van der Waals surface area contributed by atoms with Gasteiger partial charge in [0.15, 0.2) is 0 Å². The second-order valence-corrected chi connectivity index (χ2v) is 5.63. The van der Waals surface area contributed by atoms with Crippen LogP contribution < -0.4 is 5.32 Å². The van der Waals surface area contributed by atoms with Crippen LogP contribution in [-0.2, 0) is 0 Å². The highest BCUT2D eigenvalue weighted by Crippen LogP contribution is 2.27. The molecule has 0 amide bonds. The average Bonchev–Trinajstić information content (AvgIpc) is 2.52. The van der Waals surface area contributed by atoms with E-state index in [-0.39, 0.29) is 22.7 Å². The number of hydrogen-bond acceptors (Lipinski definition) is 3. The number of nitrogens with zero attached hydrogens (tertiary/aromatic N) is 1. The molecule has 2 aromatic rings. The van der Waals surface area contributed by atoms with Crippen molar-refractivity contribution in [3.05, 3.63) is 74.8 Å². The quantitative estimate of drug-likeness (QED) is 0.599. The molecule has 5 heteroatoms. The zero-order valence-electron chi connectivity index (χ0n) is 12.6. The zero-order valence-corrected chi connectivity index (χ0v) is 13.4. The molecule has 4 nitrogen and oxygen atoms in total. The lowest BCUT2D eigenvalue weighted by Crippen LogP contribution is -2.24. The predicted octanol–water partition coefficient (Wildman–Crippen LogP) is 5.05. The van der Waals surface area contributed by atoms with Gasteiger partial charge in [0.25, 0.3) is 5.69 Å². The van der Waals surface area contributed by atoms with Crippen molar-refractivity contribution < 1.29 is 4.92 Å². The molecular formula is C17H19ClN2O2. The van der Waals surface area contributed by atoms with Crippen molar-refractivity contribution in [1.82, 2.24) is 5.32 Å². The van der Waals surface area contributed by atoms with Crippen LogP contribution in [0.25, 0.3) is 0 Å². The van der Waals surface area contributed by atoms with E-state index in [2.05, 4.69) is 12.2 Å². The van der Waals surface area contributed by atoms with Crippen molar-refractivity contribution in [2.45, 2.75) is 32.4 Å². The van der Waals surface area contributed by atoms with Crippen LogP contribution in [0.5, 0.6) is 0 Å². The number of rotatable bonds is 6. The Morgan fingerprint density at radius 2 is 1.95 bits per heavy atom. The van der Waals surface area contributed by atoms with E-state index in [0.29, 0.717) is 0 Å². The molecule has 0 bridgehead atoms. The van der Waals surface area contributed by atoms with Gasteiger partial charge in [-0.1, -0.05) is 48.9 Å². The molecule has 0 aromatic heterocycles. The van der Waals surface area contributed by atoms with E-state index in [1.54, 1.807) is 12.1 Å². The molecule has 0 radical (unpaired) electrons. The fourth-order valence-corrected chi connectivity index (χ4v) is 2.82. The van der Waals surface area contributed by atoms with Gasteiger partial charge in [-0.05, 0) is 30.5 Å². The predicted molar refractivity (Wildman–Crippen MR) is 89.1 cm³/mol. The Morgan fingerprint density at radius 1 is 1.23 bits per heavy atom. The molecule has 1 N–H and O–H groups in total. The van der Waals surface area contributed by atoms with E-state index in [1.165, 1.54) is 6.07 Å². The largest absolute Gasteiger partial charge is 0.303 e. The van der Waals surface area contributed by atoms with Gasteiger partial charge < -0.3 is 5.32 Å². The molecule has 0 aliphatic heterocycles. The zero-order chi connectivity index (χ0) is 16.1. The molecule has 0 spiro atoms. The summed E-state index contributed by atoms with van der Waals surface area (Å²) >= 11 is 6.23. The second-order valence-electron chi connectivity index (χ2n) is 5.22. The van der Waals surface area contributed by atoms with Crippen molar-refractivity contribution >= 4 is 17.3 Å². The van der Waals surface area contributed by atoms with Crippen LogP contribution in [0.15, 0.2) is 48.5 Å². The number of hydrogen-bond donors (Lipinski definition) is 1. The summed E-state index contributed by atoms with van der Waals surface area (Å²) in [6.07, 6.45) is 0.829. The van der Waals surface area contributed by atoms with Gasteiger partial charge in [0.1, 0.15) is 0 Å². The average molecular weight is 319 g/mol. The minimum atomic E-state index is -0.367. The Morgan fingerprint density at radius 3 is 2.59 bits per heavy atom. The first-order valence-corrected chi connectivity index (χ1v) is 7.65. The molecule has 0 heterocycles. The van der Waals surface area contributed by atoms with Gasteiger partial charge in [0.2, 0.25) is 0 Å². The molecule has 0 aliphatic rings. The molecule has 0 fully saturated rings. The third kappa shape index (κ3) is 3.84. The van der Waals surface area contributed by atoms with Crippen LogP contribution in [0.4, 0.5) is 5.69 Å². The maximum absolute atomic E-state index is 10.9. The molecular weight excluding hydrogens is 300 g/mol. The van der Waals surface area contributed by atoms with Crippen LogP contribution in [0.1, 0.15) is 43.5 Å². The first-order chi connectivity index (χ1) is 10.5. The van der Waals surface area contributed by atoms with E-state index in [1.807, 2.05) is 37.3 Å². The Kier molecular flexibility index (Phi) is 5.52. The third-order valence-corrected chi connectivity index (χ3v) is 4.06. The first-order valence-electron chi connectivity index (χ1n) is 7.27. The topological polar surface area (TPSA) is 55.2 Å². The van der Waals surface area contributed by atoms with Gasteiger partial charge in [0.05, 0.1) is 4.92 Å². The molecule has 2 atom stereocenters. The Balaban J connectivity index is 2.20. The summed E-state index contributed by atoms with van der Waals surface area (Å²) in [5, 5.41) is 15.1. The number of nitro benzene ring substituents is 1. The number of nitro groups is 1. The smallest absolute Gasteiger partial charge is 0.269 e. The van der Waals surface area contributed by atoms with Crippen molar-refractivity contribution in [3.63, 3.8) is 0 Å². The van der Waals surface area contributed by atoms with E-state index >= 15 is 0 Å². The summed E-state index contributed by atoms with van der Waals surface area (Å²) < 4.78 is 0. The van der Waals surface area contributed by atoms with Crippen LogP contribution in [-0.4, -0.2) is 4.92 Å².